The van der Waals surface area contributed by atoms with Crippen LogP contribution in [0.5, 0.6) is 0 Å². The summed E-state index contributed by atoms with van der Waals surface area (Å²) in [6.07, 6.45) is -4.10. The minimum absolute atomic E-state index is 0.0721. The molecule has 5 rings (SSSR count). The summed E-state index contributed by atoms with van der Waals surface area (Å²) in [5.74, 6) is -4.80. The van der Waals surface area contributed by atoms with Gasteiger partial charge in [-0.05, 0) is 85.0 Å². The quantitative estimate of drug-likeness (QED) is 0.173. The maximum absolute atomic E-state index is 14.3. The fourth-order valence-electron chi connectivity index (χ4n) is 5.34. The van der Waals surface area contributed by atoms with E-state index >= 15 is 0 Å². The van der Waals surface area contributed by atoms with Crippen LogP contribution in [0.3, 0.4) is 0 Å². The minimum Gasteiger partial charge on any atom is -0.366 e. The molecule has 0 radical (unpaired) electrons. The maximum Gasteiger partial charge on any atom is 0.391 e. The first-order valence-corrected chi connectivity index (χ1v) is 14.0. The zero-order valence-corrected chi connectivity index (χ0v) is 24.5. The van der Waals surface area contributed by atoms with Crippen LogP contribution < -0.4 is 11.1 Å². The number of rotatable bonds is 9. The Kier molecular flexibility index (Phi) is 8.86. The molecule has 3 aromatic carbocycles. The Hall–Kier alpha value is -5.20. The lowest BCUT2D eigenvalue weighted by Crippen LogP contribution is -2.38. The number of nitrogens with zero attached hydrogens (tertiary/aromatic N) is 3. The van der Waals surface area contributed by atoms with Gasteiger partial charge in [-0.25, -0.2) is 18.2 Å². The molecule has 0 aliphatic heterocycles. The van der Waals surface area contributed by atoms with E-state index < -0.39 is 59.5 Å². The van der Waals surface area contributed by atoms with Gasteiger partial charge in [0, 0.05) is 17.8 Å². The summed E-state index contributed by atoms with van der Waals surface area (Å²) in [5, 5.41) is 2.62. The highest BCUT2D eigenvalue weighted by Crippen LogP contribution is 2.34. The zero-order valence-electron chi connectivity index (χ0n) is 24.5. The van der Waals surface area contributed by atoms with Crippen LogP contribution in [0.25, 0.3) is 22.2 Å². The number of aryl methyl sites for hydroxylation is 2. The third-order valence-corrected chi connectivity index (χ3v) is 7.64. The van der Waals surface area contributed by atoms with Crippen molar-refractivity contribution in [3.8, 4) is 11.1 Å². The number of halogens is 6. The number of benzene rings is 3. The highest BCUT2D eigenvalue weighted by Gasteiger charge is 2.38. The molecule has 0 unspecified atom stereocenters. The Balaban J connectivity index is 1.62. The zero-order chi connectivity index (χ0) is 33.3. The molecule has 0 spiro atoms. The molecule has 0 aliphatic carbocycles. The number of carbonyl (C=O) groups excluding carboxylic acids is 2. The highest BCUT2D eigenvalue weighted by atomic mass is 19.4. The Bertz CT molecular complexity index is 1940. The van der Waals surface area contributed by atoms with Gasteiger partial charge in [0.2, 0.25) is 5.91 Å². The van der Waals surface area contributed by atoms with E-state index in [1.54, 1.807) is 19.1 Å². The SMILES string of the molecule is Cc1cc2ncn([C@H](CC(F)(F)F)C(=O)N[C@@H](Cc3cc(F)cc(F)c3)c3ncccc3-c3ccc(F)c(C(N)=O)c3)c2cc1C. The molecule has 3 N–H and O–H groups in total. The molecule has 238 valence electrons. The third-order valence-electron chi connectivity index (χ3n) is 7.64. The largest absolute Gasteiger partial charge is 0.391 e. The maximum atomic E-state index is 14.3. The molecule has 0 fully saturated rings. The second-order valence-corrected chi connectivity index (χ2v) is 11.0. The molecule has 2 atom stereocenters. The lowest BCUT2D eigenvalue weighted by atomic mass is 9.94. The second kappa shape index (κ2) is 12.7. The van der Waals surface area contributed by atoms with Crippen LogP contribution in [0.4, 0.5) is 26.3 Å². The fraction of sp³-hybridized carbons (Fsp3) is 0.212. The normalized spacial score (nSPS) is 13.0. The van der Waals surface area contributed by atoms with Gasteiger partial charge in [-0.3, -0.25) is 14.6 Å². The van der Waals surface area contributed by atoms with Crippen molar-refractivity contribution in [3.05, 3.63) is 119 Å². The summed E-state index contributed by atoms with van der Waals surface area (Å²) in [6, 6.07) is 9.54. The topological polar surface area (TPSA) is 103 Å². The molecule has 5 aromatic rings. The van der Waals surface area contributed by atoms with Crippen molar-refractivity contribution < 1.29 is 35.9 Å². The van der Waals surface area contributed by atoms with Gasteiger partial charge in [-0.1, -0.05) is 12.1 Å². The first-order chi connectivity index (χ1) is 21.7. The van der Waals surface area contributed by atoms with Crippen molar-refractivity contribution >= 4 is 22.8 Å². The van der Waals surface area contributed by atoms with Gasteiger partial charge in [0.05, 0.1) is 41.1 Å². The molecule has 0 aliphatic rings. The molecule has 0 saturated carbocycles. The summed E-state index contributed by atoms with van der Waals surface area (Å²) in [6.45, 7) is 3.60. The average Bonchev–Trinajstić information content (AvgIpc) is 3.37. The first-order valence-electron chi connectivity index (χ1n) is 14.0. The Morgan fingerprint density at radius 2 is 1.63 bits per heavy atom. The number of hydrogen-bond acceptors (Lipinski definition) is 4. The second-order valence-electron chi connectivity index (χ2n) is 11.0. The van der Waals surface area contributed by atoms with E-state index in [1.807, 2.05) is 6.92 Å². The predicted molar refractivity (Wildman–Crippen MR) is 158 cm³/mol. The predicted octanol–water partition coefficient (Wildman–Crippen LogP) is 6.83. The van der Waals surface area contributed by atoms with Crippen LogP contribution in [0, 0.1) is 31.3 Å². The van der Waals surface area contributed by atoms with E-state index in [0.29, 0.717) is 17.1 Å². The number of aromatic nitrogens is 3. The Morgan fingerprint density at radius 3 is 2.30 bits per heavy atom. The minimum atomic E-state index is -4.77. The van der Waals surface area contributed by atoms with Gasteiger partial charge in [-0.15, -0.1) is 0 Å². The number of primary amides is 1. The van der Waals surface area contributed by atoms with Gasteiger partial charge in [-0.2, -0.15) is 13.2 Å². The molecule has 2 heterocycles. The van der Waals surface area contributed by atoms with Crippen LogP contribution in [0.15, 0.2) is 73.2 Å². The number of nitrogens with two attached hydrogens (primary N) is 1. The van der Waals surface area contributed by atoms with Crippen LogP contribution in [-0.2, 0) is 11.2 Å². The van der Waals surface area contributed by atoms with Crippen molar-refractivity contribution in [2.75, 3.05) is 0 Å². The summed E-state index contributed by atoms with van der Waals surface area (Å²) < 4.78 is 85.7. The van der Waals surface area contributed by atoms with Crippen molar-refractivity contribution in [1.82, 2.24) is 19.9 Å². The number of pyridine rings is 1. The summed E-state index contributed by atoms with van der Waals surface area (Å²) in [5.41, 5.74) is 7.89. The Morgan fingerprint density at radius 1 is 0.935 bits per heavy atom. The number of hydrogen-bond donors (Lipinski definition) is 2. The van der Waals surface area contributed by atoms with Crippen molar-refractivity contribution in [2.45, 2.75) is 44.9 Å². The van der Waals surface area contributed by atoms with Crippen LogP contribution >= 0.6 is 0 Å². The number of imidazole rings is 1. The standard InChI is InChI=1S/C33H27F6N5O2/c1-17-8-26-28(9-18(17)2)44(16-42-26)29(15-33(37,38)39)32(46)43-27(12-19-10-21(34)14-22(35)11-19)30-23(4-3-7-41-30)20-5-6-25(36)24(13-20)31(40)45/h3-11,13-14,16,27,29H,12,15H2,1-2H3,(H2,40,45)(H,43,46)/t27-,29+/m0/s1. The fourth-order valence-corrected chi connectivity index (χ4v) is 5.34. The number of amides is 2. The number of nitrogens with one attached hydrogen (secondary N) is 1. The smallest absolute Gasteiger partial charge is 0.366 e. The average molecular weight is 640 g/mol. The molecular weight excluding hydrogens is 612 g/mol. The lowest BCUT2D eigenvalue weighted by Gasteiger charge is -2.26. The van der Waals surface area contributed by atoms with E-state index in [4.69, 9.17) is 5.73 Å². The molecule has 7 nitrogen and oxygen atoms in total. The van der Waals surface area contributed by atoms with Gasteiger partial charge >= 0.3 is 6.18 Å². The molecule has 2 amide bonds. The van der Waals surface area contributed by atoms with Gasteiger partial charge < -0.3 is 15.6 Å². The van der Waals surface area contributed by atoms with E-state index in [9.17, 15) is 35.9 Å². The number of fused-ring (bicyclic) bond motifs is 1. The van der Waals surface area contributed by atoms with Crippen LogP contribution in [0.1, 0.15) is 51.2 Å². The van der Waals surface area contributed by atoms with Crippen molar-refractivity contribution in [2.24, 2.45) is 5.73 Å². The molecule has 2 aromatic heterocycles. The molecule has 13 heteroatoms. The first kappa shape index (κ1) is 32.2. The Labute approximate surface area is 259 Å². The summed E-state index contributed by atoms with van der Waals surface area (Å²) >= 11 is 0. The number of carbonyl (C=O) groups is 2. The molecule has 0 saturated heterocycles. The van der Waals surface area contributed by atoms with E-state index in [-0.39, 0.29) is 28.8 Å². The van der Waals surface area contributed by atoms with Crippen LogP contribution in [0.2, 0.25) is 0 Å². The highest BCUT2D eigenvalue weighted by molar-refractivity contribution is 5.94. The van der Waals surface area contributed by atoms with Gasteiger partial charge in [0.15, 0.2) is 0 Å². The van der Waals surface area contributed by atoms with Crippen molar-refractivity contribution in [3.63, 3.8) is 0 Å². The molecule has 0 bridgehead atoms. The van der Waals surface area contributed by atoms with Gasteiger partial charge in [0.1, 0.15) is 23.5 Å². The van der Waals surface area contributed by atoms with E-state index in [1.165, 1.54) is 30.5 Å². The lowest BCUT2D eigenvalue weighted by molar-refractivity contribution is -0.152. The van der Waals surface area contributed by atoms with Gasteiger partial charge in [0.25, 0.3) is 5.91 Å². The van der Waals surface area contributed by atoms with Crippen molar-refractivity contribution in [1.29, 1.82) is 0 Å². The summed E-state index contributed by atoms with van der Waals surface area (Å²) in [7, 11) is 0. The summed E-state index contributed by atoms with van der Waals surface area (Å²) in [4.78, 5) is 34.3. The monoisotopic (exact) mass is 639 g/mol. The van der Waals surface area contributed by atoms with Crippen LogP contribution in [-0.4, -0.2) is 32.5 Å². The van der Waals surface area contributed by atoms with E-state index in [2.05, 4.69) is 15.3 Å². The number of alkyl halides is 3. The van der Waals surface area contributed by atoms with E-state index in [0.717, 1.165) is 40.2 Å². The third kappa shape index (κ3) is 7.03. The molecular formula is C33H27F6N5O2. The molecule has 46 heavy (non-hydrogen) atoms.